The van der Waals surface area contributed by atoms with E-state index in [0.717, 1.165) is 59.9 Å². The predicted molar refractivity (Wildman–Crippen MR) is 102 cm³/mol. The Bertz CT molecular complexity index is 881. The molecule has 3 N–H and O–H groups in total. The maximum atomic E-state index is 9.69. The second kappa shape index (κ2) is 6.85. The van der Waals surface area contributed by atoms with Crippen molar-refractivity contribution in [3.63, 3.8) is 0 Å². The van der Waals surface area contributed by atoms with Crippen LogP contribution in [0.5, 0.6) is 5.75 Å². The van der Waals surface area contributed by atoms with Crippen molar-refractivity contribution in [2.45, 2.75) is 25.8 Å². The van der Waals surface area contributed by atoms with E-state index in [0.29, 0.717) is 17.9 Å². The fraction of sp³-hybridized carbons (Fsp3) is 0.400. The number of ether oxygens (including phenoxy) is 1. The minimum absolute atomic E-state index is 0.311. The maximum Gasteiger partial charge on any atom is 0.142 e. The number of nitriles is 1. The summed E-state index contributed by atoms with van der Waals surface area (Å²) in [6.07, 6.45) is 3.24. The molecule has 3 heterocycles. The third kappa shape index (κ3) is 2.74. The minimum atomic E-state index is 0.311. The first-order chi connectivity index (χ1) is 12.7. The van der Waals surface area contributed by atoms with E-state index in [1.54, 1.807) is 7.11 Å². The molecule has 2 aliphatic rings. The van der Waals surface area contributed by atoms with Gasteiger partial charge in [-0.1, -0.05) is 6.07 Å². The van der Waals surface area contributed by atoms with Crippen molar-refractivity contribution in [1.82, 2.24) is 10.3 Å². The van der Waals surface area contributed by atoms with E-state index >= 15 is 0 Å². The largest absolute Gasteiger partial charge is 0.495 e. The second-order valence-corrected chi connectivity index (χ2v) is 6.79. The predicted octanol–water partition coefficient (Wildman–Crippen LogP) is 2.46. The quantitative estimate of drug-likeness (QED) is 0.885. The molecule has 26 heavy (non-hydrogen) atoms. The summed E-state index contributed by atoms with van der Waals surface area (Å²) in [5, 5.41) is 13.1. The topological polar surface area (TPSA) is 87.2 Å². The number of nitrogen functional groups attached to an aromatic ring is 1. The Balaban J connectivity index is 1.87. The van der Waals surface area contributed by atoms with Gasteiger partial charge in [0.2, 0.25) is 0 Å². The monoisotopic (exact) mass is 349 g/mol. The summed E-state index contributed by atoms with van der Waals surface area (Å²) in [5.41, 5.74) is 11.5. The number of fused-ring (bicyclic) bond motifs is 1. The van der Waals surface area contributed by atoms with Gasteiger partial charge in [0.15, 0.2) is 0 Å². The molecule has 0 unspecified atom stereocenters. The number of aromatic nitrogens is 1. The summed E-state index contributed by atoms with van der Waals surface area (Å²) in [7, 11) is 1.70. The molecule has 1 aromatic heterocycles. The summed E-state index contributed by atoms with van der Waals surface area (Å²) in [4.78, 5) is 6.82. The zero-order valence-corrected chi connectivity index (χ0v) is 15.0. The van der Waals surface area contributed by atoms with Crippen molar-refractivity contribution >= 4 is 11.5 Å². The highest BCUT2D eigenvalue weighted by atomic mass is 16.5. The molecule has 134 valence electrons. The zero-order valence-electron chi connectivity index (χ0n) is 15.0. The number of pyridine rings is 1. The van der Waals surface area contributed by atoms with Gasteiger partial charge < -0.3 is 20.7 Å². The third-order valence-corrected chi connectivity index (χ3v) is 5.28. The maximum absolute atomic E-state index is 9.69. The van der Waals surface area contributed by atoms with Gasteiger partial charge in [-0.05, 0) is 36.1 Å². The van der Waals surface area contributed by atoms with Gasteiger partial charge in [0.25, 0.3) is 0 Å². The van der Waals surface area contributed by atoms with E-state index in [9.17, 15) is 5.26 Å². The lowest BCUT2D eigenvalue weighted by molar-refractivity contribution is 0.415. The van der Waals surface area contributed by atoms with Gasteiger partial charge in [-0.2, -0.15) is 5.26 Å². The first-order valence-corrected chi connectivity index (χ1v) is 9.08. The molecule has 0 bridgehead atoms. The smallest absolute Gasteiger partial charge is 0.142 e. The number of hydrogen-bond acceptors (Lipinski definition) is 6. The van der Waals surface area contributed by atoms with Crippen LogP contribution in [0, 0.1) is 11.3 Å². The van der Waals surface area contributed by atoms with Gasteiger partial charge in [0.1, 0.15) is 23.2 Å². The molecule has 0 spiro atoms. The van der Waals surface area contributed by atoms with Crippen LogP contribution in [-0.2, 0) is 13.0 Å². The molecule has 2 aliphatic heterocycles. The van der Waals surface area contributed by atoms with Crippen molar-refractivity contribution in [2.24, 2.45) is 0 Å². The Labute approximate surface area is 153 Å². The number of benzene rings is 1. The number of nitrogens with zero attached hydrogens (tertiary/aromatic N) is 3. The lowest BCUT2D eigenvalue weighted by Gasteiger charge is -2.24. The van der Waals surface area contributed by atoms with E-state index < -0.39 is 0 Å². The number of anilines is 2. The highest BCUT2D eigenvalue weighted by Crippen LogP contribution is 2.39. The van der Waals surface area contributed by atoms with Crippen molar-refractivity contribution in [1.29, 1.82) is 5.26 Å². The van der Waals surface area contributed by atoms with Crippen LogP contribution >= 0.6 is 0 Å². The number of hydrogen-bond donors (Lipinski definition) is 2. The fourth-order valence-corrected chi connectivity index (χ4v) is 3.99. The average Bonchev–Trinajstić information content (AvgIpc) is 3.21. The van der Waals surface area contributed by atoms with Gasteiger partial charge in [-0.25, -0.2) is 4.98 Å². The lowest BCUT2D eigenvalue weighted by Crippen LogP contribution is -2.26. The van der Waals surface area contributed by atoms with Crippen molar-refractivity contribution in [3.8, 4) is 22.9 Å². The molecule has 0 atom stereocenters. The van der Waals surface area contributed by atoms with Crippen LogP contribution in [0.3, 0.4) is 0 Å². The molecule has 1 saturated heterocycles. The molecule has 0 aliphatic carbocycles. The molecule has 0 radical (unpaired) electrons. The van der Waals surface area contributed by atoms with Crippen molar-refractivity contribution in [2.75, 3.05) is 37.4 Å². The Morgan fingerprint density at radius 2 is 2.12 bits per heavy atom. The molecule has 1 fully saturated rings. The number of nitrogens with one attached hydrogen (secondary N) is 1. The van der Waals surface area contributed by atoms with Crippen LogP contribution in [0.2, 0.25) is 0 Å². The van der Waals surface area contributed by atoms with Crippen LogP contribution in [0.4, 0.5) is 11.5 Å². The molecule has 6 nitrogen and oxygen atoms in total. The lowest BCUT2D eigenvalue weighted by atomic mass is 9.91. The second-order valence-electron chi connectivity index (χ2n) is 6.79. The third-order valence-electron chi connectivity index (χ3n) is 5.28. The summed E-state index contributed by atoms with van der Waals surface area (Å²) < 4.78 is 5.68. The van der Waals surface area contributed by atoms with Gasteiger partial charge in [-0.15, -0.1) is 0 Å². The minimum Gasteiger partial charge on any atom is -0.495 e. The number of methoxy groups -OCH3 is 1. The van der Waals surface area contributed by atoms with Crippen LogP contribution in [0.25, 0.3) is 11.1 Å². The highest BCUT2D eigenvalue weighted by molar-refractivity contribution is 5.82. The number of rotatable bonds is 3. The SMILES string of the molecule is COc1cc(-c2c(C#N)c(N)nc3c2CNCC3)ccc1N1CCCC1. The van der Waals surface area contributed by atoms with E-state index in [-0.39, 0.29) is 0 Å². The molecule has 4 rings (SSSR count). The van der Waals surface area contributed by atoms with Crippen LogP contribution in [0.1, 0.15) is 29.7 Å². The van der Waals surface area contributed by atoms with Crippen LogP contribution < -0.4 is 20.7 Å². The zero-order chi connectivity index (χ0) is 18.1. The van der Waals surface area contributed by atoms with Gasteiger partial charge in [0, 0.05) is 43.9 Å². The Morgan fingerprint density at radius 1 is 1.31 bits per heavy atom. The molecule has 0 amide bonds. The van der Waals surface area contributed by atoms with Gasteiger partial charge >= 0.3 is 0 Å². The van der Waals surface area contributed by atoms with E-state index in [2.05, 4.69) is 33.4 Å². The van der Waals surface area contributed by atoms with Gasteiger partial charge in [0.05, 0.1) is 12.8 Å². The molecular weight excluding hydrogens is 326 g/mol. The first-order valence-electron chi connectivity index (χ1n) is 9.08. The summed E-state index contributed by atoms with van der Waals surface area (Å²) >= 11 is 0. The molecule has 0 saturated carbocycles. The van der Waals surface area contributed by atoms with Crippen molar-refractivity contribution in [3.05, 3.63) is 35.0 Å². The van der Waals surface area contributed by atoms with Crippen LogP contribution in [-0.4, -0.2) is 31.7 Å². The normalized spacial score (nSPS) is 16.2. The molecular formula is C20H23N5O. The first kappa shape index (κ1) is 16.7. The van der Waals surface area contributed by atoms with E-state index in [4.69, 9.17) is 10.5 Å². The molecule has 1 aromatic carbocycles. The Hall–Kier alpha value is -2.78. The summed E-state index contributed by atoms with van der Waals surface area (Å²) in [6, 6.07) is 8.45. The van der Waals surface area contributed by atoms with E-state index in [1.807, 2.05) is 6.07 Å². The standard InChI is InChI=1S/C20H23N5O/c1-26-18-10-13(4-5-17(18)25-8-2-3-9-25)19-14(11-21)20(22)24-16-6-7-23-12-15(16)19/h4-5,10,23H,2-3,6-9,12H2,1H3,(H2,22,24). The average molecular weight is 349 g/mol. The summed E-state index contributed by atoms with van der Waals surface area (Å²) in [6.45, 7) is 3.69. The fourth-order valence-electron chi connectivity index (χ4n) is 3.99. The highest BCUT2D eigenvalue weighted by Gasteiger charge is 2.23. The van der Waals surface area contributed by atoms with E-state index in [1.165, 1.54) is 12.8 Å². The molecule has 2 aromatic rings. The molecule has 6 heteroatoms. The van der Waals surface area contributed by atoms with Crippen LogP contribution in [0.15, 0.2) is 18.2 Å². The van der Waals surface area contributed by atoms with Gasteiger partial charge in [-0.3, -0.25) is 0 Å². The Kier molecular flexibility index (Phi) is 4.39. The number of nitrogens with two attached hydrogens (primary N) is 1. The van der Waals surface area contributed by atoms with Crippen molar-refractivity contribution < 1.29 is 4.74 Å². The Morgan fingerprint density at radius 3 is 2.85 bits per heavy atom. The summed E-state index contributed by atoms with van der Waals surface area (Å²) in [5.74, 6) is 1.15.